The monoisotopic (exact) mass is 305 g/mol. The zero-order valence-electron chi connectivity index (χ0n) is 10.6. The lowest BCUT2D eigenvalue weighted by atomic mass is 10.0. The topological polar surface area (TPSA) is 22.1 Å². The predicted octanol–water partition coefficient (Wildman–Crippen LogP) is 4.89. The molecule has 1 heterocycles. The molecule has 0 bridgehead atoms. The van der Waals surface area contributed by atoms with E-state index >= 15 is 0 Å². The molecule has 1 aromatic heterocycles. The van der Waals surface area contributed by atoms with Crippen LogP contribution in [-0.2, 0) is 5.33 Å². The Hall–Kier alpha value is -1.35. The minimum absolute atomic E-state index is 0.493. The number of ether oxygens (including phenoxy) is 1. The maximum Gasteiger partial charge on any atom is 0.223 e. The van der Waals surface area contributed by atoms with Crippen LogP contribution in [-0.4, -0.2) is 4.98 Å². The van der Waals surface area contributed by atoms with Gasteiger partial charge in [-0.05, 0) is 29.7 Å². The van der Waals surface area contributed by atoms with Gasteiger partial charge in [-0.15, -0.1) is 0 Å². The standard InChI is InChI=1S/C15H16BrNO/c1-11(2)12-5-3-7-14(9-12)18-15-13(10-16)6-4-8-17-15/h3-9,11H,10H2,1-2H3. The molecule has 0 aliphatic carbocycles. The quantitative estimate of drug-likeness (QED) is 0.750. The molecule has 0 spiro atoms. The van der Waals surface area contributed by atoms with Crippen molar-refractivity contribution in [1.82, 2.24) is 4.98 Å². The van der Waals surface area contributed by atoms with Crippen LogP contribution in [0.4, 0.5) is 0 Å². The zero-order chi connectivity index (χ0) is 13.0. The lowest BCUT2D eigenvalue weighted by molar-refractivity contribution is 0.457. The Morgan fingerprint density at radius 3 is 2.78 bits per heavy atom. The summed E-state index contributed by atoms with van der Waals surface area (Å²) in [6.45, 7) is 4.34. The fourth-order valence-electron chi connectivity index (χ4n) is 1.67. The van der Waals surface area contributed by atoms with Gasteiger partial charge >= 0.3 is 0 Å². The summed E-state index contributed by atoms with van der Waals surface area (Å²) in [5, 5.41) is 0.736. The second-order valence-electron chi connectivity index (χ2n) is 4.43. The van der Waals surface area contributed by atoms with Crippen molar-refractivity contribution in [3.05, 3.63) is 53.7 Å². The number of hydrogen-bond acceptors (Lipinski definition) is 2. The van der Waals surface area contributed by atoms with Gasteiger partial charge in [-0.3, -0.25) is 0 Å². The van der Waals surface area contributed by atoms with Crippen molar-refractivity contribution < 1.29 is 4.74 Å². The molecule has 2 nitrogen and oxygen atoms in total. The number of benzene rings is 1. The van der Waals surface area contributed by atoms with Crippen LogP contribution in [0.2, 0.25) is 0 Å². The van der Waals surface area contributed by atoms with Crippen molar-refractivity contribution in [2.75, 3.05) is 0 Å². The van der Waals surface area contributed by atoms with Gasteiger partial charge in [-0.1, -0.05) is 48.0 Å². The largest absolute Gasteiger partial charge is 0.439 e. The van der Waals surface area contributed by atoms with E-state index in [0.717, 1.165) is 16.6 Å². The van der Waals surface area contributed by atoms with Crippen molar-refractivity contribution in [2.45, 2.75) is 25.1 Å². The van der Waals surface area contributed by atoms with Crippen molar-refractivity contribution in [2.24, 2.45) is 0 Å². The molecule has 0 aliphatic heterocycles. The first kappa shape index (κ1) is 13.1. The number of hydrogen-bond donors (Lipinski definition) is 0. The van der Waals surface area contributed by atoms with Crippen molar-refractivity contribution >= 4 is 15.9 Å². The first-order valence-corrected chi connectivity index (χ1v) is 7.10. The van der Waals surface area contributed by atoms with Crippen LogP contribution in [0.5, 0.6) is 11.6 Å². The minimum Gasteiger partial charge on any atom is -0.439 e. The summed E-state index contributed by atoms with van der Waals surface area (Å²) in [5.41, 5.74) is 2.32. The molecule has 0 atom stereocenters. The molecule has 1 aromatic carbocycles. The summed E-state index contributed by atoms with van der Waals surface area (Å²) in [7, 11) is 0. The molecular formula is C15H16BrNO. The number of pyridine rings is 1. The molecule has 0 aliphatic rings. The third-order valence-corrected chi connectivity index (χ3v) is 3.34. The van der Waals surface area contributed by atoms with Crippen LogP contribution < -0.4 is 4.74 Å². The van der Waals surface area contributed by atoms with E-state index in [1.807, 2.05) is 24.3 Å². The Balaban J connectivity index is 2.25. The minimum atomic E-state index is 0.493. The second kappa shape index (κ2) is 6.01. The van der Waals surface area contributed by atoms with E-state index in [-0.39, 0.29) is 0 Å². The van der Waals surface area contributed by atoms with E-state index < -0.39 is 0 Å². The highest BCUT2D eigenvalue weighted by Crippen LogP contribution is 2.26. The average Bonchev–Trinajstić information content (AvgIpc) is 2.39. The Labute approximate surface area is 116 Å². The number of rotatable bonds is 4. The summed E-state index contributed by atoms with van der Waals surface area (Å²) < 4.78 is 5.85. The number of halogens is 1. The van der Waals surface area contributed by atoms with Crippen molar-refractivity contribution in [3.63, 3.8) is 0 Å². The maximum absolute atomic E-state index is 5.85. The van der Waals surface area contributed by atoms with Crippen LogP contribution in [0.15, 0.2) is 42.6 Å². The van der Waals surface area contributed by atoms with Gasteiger partial charge in [-0.25, -0.2) is 4.98 Å². The molecule has 0 radical (unpaired) electrons. The number of alkyl halides is 1. The third-order valence-electron chi connectivity index (χ3n) is 2.73. The summed E-state index contributed by atoms with van der Waals surface area (Å²) in [5.74, 6) is 1.99. The highest BCUT2D eigenvalue weighted by atomic mass is 79.9. The lowest BCUT2D eigenvalue weighted by Crippen LogP contribution is -1.94. The lowest BCUT2D eigenvalue weighted by Gasteiger charge is -2.10. The molecule has 0 unspecified atom stereocenters. The van der Waals surface area contributed by atoms with Crippen molar-refractivity contribution in [1.29, 1.82) is 0 Å². The van der Waals surface area contributed by atoms with Crippen LogP contribution in [0, 0.1) is 0 Å². The van der Waals surface area contributed by atoms with Crippen LogP contribution in [0.3, 0.4) is 0 Å². The number of aromatic nitrogens is 1. The molecular weight excluding hydrogens is 290 g/mol. The fourth-order valence-corrected chi connectivity index (χ4v) is 2.09. The van der Waals surface area contributed by atoms with Crippen LogP contribution in [0.25, 0.3) is 0 Å². The summed E-state index contributed by atoms with van der Waals surface area (Å²) in [4.78, 5) is 4.27. The molecule has 0 N–H and O–H groups in total. The highest BCUT2D eigenvalue weighted by Gasteiger charge is 2.06. The molecule has 94 valence electrons. The third kappa shape index (κ3) is 3.10. The maximum atomic E-state index is 5.85. The Bertz CT molecular complexity index is 525. The summed E-state index contributed by atoms with van der Waals surface area (Å²) >= 11 is 3.44. The molecule has 0 fully saturated rings. The van der Waals surface area contributed by atoms with Crippen molar-refractivity contribution in [3.8, 4) is 11.6 Å². The average molecular weight is 306 g/mol. The fraction of sp³-hybridized carbons (Fsp3) is 0.267. The van der Waals surface area contributed by atoms with Gasteiger partial charge in [0, 0.05) is 17.1 Å². The molecule has 18 heavy (non-hydrogen) atoms. The SMILES string of the molecule is CC(C)c1cccc(Oc2ncccc2CBr)c1. The first-order chi connectivity index (χ1) is 8.70. The van der Waals surface area contributed by atoms with E-state index in [2.05, 4.69) is 46.9 Å². The van der Waals surface area contributed by atoms with E-state index in [9.17, 15) is 0 Å². The van der Waals surface area contributed by atoms with E-state index in [0.29, 0.717) is 11.8 Å². The van der Waals surface area contributed by atoms with Crippen LogP contribution in [0.1, 0.15) is 30.9 Å². The predicted molar refractivity (Wildman–Crippen MR) is 77.5 cm³/mol. The molecule has 3 heteroatoms. The van der Waals surface area contributed by atoms with Gasteiger partial charge in [0.2, 0.25) is 5.88 Å². The van der Waals surface area contributed by atoms with Gasteiger partial charge in [0.15, 0.2) is 0 Å². The van der Waals surface area contributed by atoms with Crippen LogP contribution >= 0.6 is 15.9 Å². The molecule has 0 amide bonds. The molecule has 0 saturated carbocycles. The highest BCUT2D eigenvalue weighted by molar-refractivity contribution is 9.08. The normalized spacial score (nSPS) is 10.7. The van der Waals surface area contributed by atoms with E-state index in [1.54, 1.807) is 6.20 Å². The Morgan fingerprint density at radius 1 is 1.22 bits per heavy atom. The first-order valence-electron chi connectivity index (χ1n) is 5.98. The molecule has 2 aromatic rings. The van der Waals surface area contributed by atoms with Gasteiger partial charge in [-0.2, -0.15) is 0 Å². The number of nitrogens with zero attached hydrogens (tertiary/aromatic N) is 1. The van der Waals surface area contributed by atoms with Gasteiger partial charge in [0.25, 0.3) is 0 Å². The van der Waals surface area contributed by atoms with Gasteiger partial charge in [0.05, 0.1) is 0 Å². The molecule has 0 saturated heterocycles. The Morgan fingerprint density at radius 2 is 2.06 bits per heavy atom. The summed E-state index contributed by atoms with van der Waals surface area (Å²) in [6, 6.07) is 12.1. The van der Waals surface area contributed by atoms with E-state index in [1.165, 1.54) is 5.56 Å². The smallest absolute Gasteiger partial charge is 0.223 e. The van der Waals surface area contributed by atoms with Gasteiger partial charge in [0.1, 0.15) is 5.75 Å². The molecule has 2 rings (SSSR count). The zero-order valence-corrected chi connectivity index (χ0v) is 12.1. The second-order valence-corrected chi connectivity index (χ2v) is 4.99. The van der Waals surface area contributed by atoms with Gasteiger partial charge < -0.3 is 4.74 Å². The van der Waals surface area contributed by atoms with E-state index in [4.69, 9.17) is 4.74 Å². The Kier molecular flexibility index (Phi) is 4.37. The summed E-state index contributed by atoms with van der Waals surface area (Å²) in [6.07, 6.45) is 1.74.